The number of nitrogens with zero attached hydrogens (tertiary/aromatic N) is 1. The molecule has 0 heterocycles. The Bertz CT molecular complexity index is 104. The van der Waals surface area contributed by atoms with Gasteiger partial charge in [0.15, 0.2) is 0 Å². The fourth-order valence-corrected chi connectivity index (χ4v) is 0.747. The number of nitrogens with one attached hydrogen (secondary N) is 1. The number of hydrogen-bond donors (Lipinski definition) is 1. The van der Waals surface area contributed by atoms with Crippen LogP contribution < -0.4 is 5.32 Å². The maximum atomic E-state index is 5.34. The summed E-state index contributed by atoms with van der Waals surface area (Å²) in [5.41, 5.74) is 1.54. The quantitative estimate of drug-likeness (QED) is 0.614. The molecule has 0 aliphatic heterocycles. The van der Waals surface area contributed by atoms with Crippen molar-refractivity contribution in [2.24, 2.45) is 0 Å². The summed E-state index contributed by atoms with van der Waals surface area (Å²) in [5.74, 6) is 0. The Labute approximate surface area is 74.2 Å². The summed E-state index contributed by atoms with van der Waals surface area (Å²) >= 11 is 5.34. The van der Waals surface area contributed by atoms with Gasteiger partial charge in [0.05, 0.1) is 0 Å². The van der Waals surface area contributed by atoms with E-state index in [1.54, 1.807) is 0 Å². The van der Waals surface area contributed by atoms with Crippen molar-refractivity contribution >= 4 is 11.6 Å². The Morgan fingerprint density at radius 2 is 2.27 bits per heavy atom. The zero-order valence-electron chi connectivity index (χ0n) is 7.31. The van der Waals surface area contributed by atoms with E-state index < -0.39 is 0 Å². The van der Waals surface area contributed by atoms with Crippen LogP contribution in [0.25, 0.3) is 0 Å². The Balaban J connectivity index is 3.01. The van der Waals surface area contributed by atoms with Gasteiger partial charge in [-0.15, -0.1) is 0 Å². The highest BCUT2D eigenvalue weighted by Gasteiger charge is 1.90. The van der Waals surface area contributed by atoms with Crippen molar-refractivity contribution in [2.75, 3.05) is 33.2 Å². The molecule has 0 spiro atoms. The zero-order valence-corrected chi connectivity index (χ0v) is 8.06. The maximum absolute atomic E-state index is 5.34. The third-order valence-electron chi connectivity index (χ3n) is 1.56. The normalized spacial score (nSPS) is 11.6. The predicted octanol–water partition coefficient (Wildman–Crippen LogP) is 1.28. The highest BCUT2D eigenvalue weighted by molar-refractivity contribution is 6.25. The van der Waals surface area contributed by atoms with Gasteiger partial charge in [0.2, 0.25) is 0 Å². The average molecular weight is 177 g/mol. The van der Waals surface area contributed by atoms with Crippen LogP contribution in [0.1, 0.15) is 6.92 Å². The lowest BCUT2D eigenvalue weighted by Gasteiger charge is -2.12. The molecule has 0 saturated heterocycles. The molecule has 0 aromatic carbocycles. The van der Waals surface area contributed by atoms with E-state index in [1.807, 2.05) is 6.08 Å². The van der Waals surface area contributed by atoms with Crippen molar-refractivity contribution in [1.29, 1.82) is 0 Å². The van der Waals surface area contributed by atoms with E-state index in [1.165, 1.54) is 5.54 Å². The molecule has 0 aliphatic carbocycles. The van der Waals surface area contributed by atoms with Gasteiger partial charge in [-0.25, -0.2) is 0 Å². The second-order valence-electron chi connectivity index (χ2n) is 2.46. The third-order valence-corrected chi connectivity index (χ3v) is 1.74. The highest BCUT2D eigenvalue weighted by atomic mass is 35.5. The summed E-state index contributed by atoms with van der Waals surface area (Å²) in [6.45, 7) is 6.23. The van der Waals surface area contributed by atoms with Crippen LogP contribution >= 0.6 is 11.6 Å². The first-order valence-electron chi connectivity index (χ1n) is 3.95. The molecule has 0 saturated carbocycles. The molecule has 66 valence electrons. The van der Waals surface area contributed by atoms with Crippen LogP contribution in [-0.4, -0.2) is 38.1 Å². The lowest BCUT2D eigenvalue weighted by molar-refractivity contribution is 0.352. The molecule has 0 aromatic heterocycles. The molecule has 0 rings (SSSR count). The van der Waals surface area contributed by atoms with Crippen LogP contribution in [0.3, 0.4) is 0 Å². The Morgan fingerprint density at radius 1 is 1.55 bits per heavy atom. The minimum atomic E-state index is 0.862. The fraction of sp³-hybridized carbons (Fsp3) is 0.750. The van der Waals surface area contributed by atoms with Gasteiger partial charge in [0.1, 0.15) is 0 Å². The average Bonchev–Trinajstić information content (AvgIpc) is 2.04. The van der Waals surface area contributed by atoms with Crippen LogP contribution in [0.15, 0.2) is 11.6 Å². The molecule has 0 bridgehead atoms. The summed E-state index contributed by atoms with van der Waals surface area (Å²) in [5, 5.41) is 3.24. The van der Waals surface area contributed by atoms with Crippen molar-refractivity contribution in [2.45, 2.75) is 6.92 Å². The van der Waals surface area contributed by atoms with E-state index in [9.17, 15) is 0 Å². The van der Waals surface area contributed by atoms with Gasteiger partial charge >= 0.3 is 0 Å². The van der Waals surface area contributed by atoms with E-state index >= 15 is 0 Å². The van der Waals surface area contributed by atoms with Gasteiger partial charge in [-0.3, -0.25) is 0 Å². The first kappa shape index (κ1) is 11.0. The van der Waals surface area contributed by atoms with E-state index in [0.717, 1.165) is 26.2 Å². The molecule has 11 heavy (non-hydrogen) atoms. The summed E-state index contributed by atoms with van der Waals surface area (Å²) in [6.07, 6.45) is 1.90. The highest BCUT2D eigenvalue weighted by Crippen LogP contribution is 1.78. The van der Waals surface area contributed by atoms with Crippen LogP contribution in [0, 0.1) is 0 Å². The van der Waals surface area contributed by atoms with Crippen molar-refractivity contribution in [3.05, 3.63) is 11.6 Å². The monoisotopic (exact) mass is 176 g/mol. The first-order chi connectivity index (χ1) is 5.31. The Hall–Kier alpha value is -0.0500. The van der Waals surface area contributed by atoms with Crippen molar-refractivity contribution < 1.29 is 0 Å². The van der Waals surface area contributed by atoms with E-state index in [4.69, 9.17) is 11.6 Å². The van der Waals surface area contributed by atoms with Crippen molar-refractivity contribution in [1.82, 2.24) is 10.2 Å². The molecule has 0 radical (unpaired) electrons. The summed E-state index contributed by atoms with van der Waals surface area (Å²) in [4.78, 5) is 2.26. The van der Waals surface area contributed by atoms with Crippen LogP contribution in [-0.2, 0) is 0 Å². The smallest absolute Gasteiger partial charge is 0.0147 e. The molecule has 0 aliphatic rings. The van der Waals surface area contributed by atoms with E-state index in [-0.39, 0.29) is 0 Å². The van der Waals surface area contributed by atoms with Gasteiger partial charge in [-0.05, 0) is 13.6 Å². The molecule has 3 heteroatoms. The maximum Gasteiger partial charge on any atom is 0.0147 e. The van der Waals surface area contributed by atoms with Gasteiger partial charge < -0.3 is 10.2 Å². The Morgan fingerprint density at radius 3 is 2.82 bits per heavy atom. The topological polar surface area (TPSA) is 15.3 Å². The second-order valence-corrected chi connectivity index (χ2v) is 2.71. The molecule has 0 aromatic rings. The largest absolute Gasteiger partial charge is 0.312 e. The van der Waals surface area contributed by atoms with Crippen LogP contribution in [0.4, 0.5) is 0 Å². The molecule has 0 atom stereocenters. The molecule has 1 N–H and O–H groups in total. The predicted molar refractivity (Wildman–Crippen MR) is 51.0 cm³/mol. The second kappa shape index (κ2) is 8.05. The van der Waals surface area contributed by atoms with Gasteiger partial charge in [0.25, 0.3) is 0 Å². The lowest BCUT2D eigenvalue weighted by Crippen LogP contribution is -2.29. The first-order valence-corrected chi connectivity index (χ1v) is 4.39. The zero-order chi connectivity index (χ0) is 8.53. The number of halogens is 1. The number of likely N-dealkylation sites (N-methyl/N-ethyl adjacent to an activating group) is 1. The fourth-order valence-electron chi connectivity index (χ4n) is 0.658. The Kier molecular flexibility index (Phi) is 8.01. The third kappa shape index (κ3) is 7.85. The summed E-state index contributed by atoms with van der Waals surface area (Å²) < 4.78 is 0. The molecule has 0 amide bonds. The lowest BCUT2D eigenvalue weighted by atomic mass is 10.5. The number of rotatable bonds is 6. The summed E-state index contributed by atoms with van der Waals surface area (Å²) in [7, 11) is 2.11. The van der Waals surface area contributed by atoms with Gasteiger partial charge in [-0.1, -0.05) is 24.6 Å². The standard InChI is InChI=1S/C8H17ClN2/c1-3-11(2)8-7-10-6-4-5-9/h4-5,10H,3,6-8H2,1-2H3/b5-4+. The van der Waals surface area contributed by atoms with Gasteiger partial charge in [-0.2, -0.15) is 0 Å². The van der Waals surface area contributed by atoms with Crippen molar-refractivity contribution in [3.63, 3.8) is 0 Å². The SMILES string of the molecule is CCN(C)CCNC/C=C/Cl. The minimum absolute atomic E-state index is 0.862. The molecule has 0 fully saturated rings. The van der Waals surface area contributed by atoms with Crippen molar-refractivity contribution in [3.8, 4) is 0 Å². The molecule has 0 unspecified atom stereocenters. The molecule has 2 nitrogen and oxygen atoms in total. The minimum Gasteiger partial charge on any atom is -0.312 e. The van der Waals surface area contributed by atoms with Crippen LogP contribution in [0.2, 0.25) is 0 Å². The van der Waals surface area contributed by atoms with E-state index in [2.05, 4.69) is 24.2 Å². The van der Waals surface area contributed by atoms with Crippen LogP contribution in [0.5, 0.6) is 0 Å². The van der Waals surface area contributed by atoms with E-state index in [0.29, 0.717) is 0 Å². The number of hydrogen-bond acceptors (Lipinski definition) is 2. The molecular weight excluding hydrogens is 160 g/mol. The summed E-state index contributed by atoms with van der Waals surface area (Å²) in [6, 6.07) is 0. The molecular formula is C8H17ClN2. The van der Waals surface area contributed by atoms with Gasteiger partial charge in [0, 0.05) is 25.2 Å².